The standard InChI is InChI=1S/C13H12N2O5/c14-12-8(13(17)18)6-11(16)15(12)7-1-2-9-10(5-7)20-4-3-19-9/h1-2,5H,3-4,6,14H2,(H,17,18). The molecule has 0 saturated carbocycles. The molecule has 2 aliphatic heterocycles. The van der Waals surface area contributed by atoms with E-state index in [4.69, 9.17) is 20.3 Å². The summed E-state index contributed by atoms with van der Waals surface area (Å²) in [6.45, 7) is 0.899. The molecule has 2 heterocycles. The molecule has 1 amide bonds. The van der Waals surface area contributed by atoms with Gasteiger partial charge in [-0.3, -0.25) is 9.69 Å². The van der Waals surface area contributed by atoms with Crippen LogP contribution in [0, 0.1) is 0 Å². The van der Waals surface area contributed by atoms with Gasteiger partial charge in [0.05, 0.1) is 17.7 Å². The highest BCUT2D eigenvalue weighted by Gasteiger charge is 2.33. The van der Waals surface area contributed by atoms with Crippen LogP contribution < -0.4 is 20.1 Å². The van der Waals surface area contributed by atoms with Crippen molar-refractivity contribution >= 4 is 17.6 Å². The highest BCUT2D eigenvalue weighted by Crippen LogP contribution is 2.36. The smallest absolute Gasteiger partial charge is 0.335 e. The maximum Gasteiger partial charge on any atom is 0.335 e. The van der Waals surface area contributed by atoms with Gasteiger partial charge in [0.15, 0.2) is 11.5 Å². The number of carbonyl (C=O) groups is 2. The highest BCUT2D eigenvalue weighted by atomic mass is 16.6. The van der Waals surface area contributed by atoms with Crippen molar-refractivity contribution < 1.29 is 24.2 Å². The Morgan fingerprint density at radius 2 is 1.95 bits per heavy atom. The lowest BCUT2D eigenvalue weighted by Gasteiger charge is -2.22. The maximum absolute atomic E-state index is 11.9. The number of aliphatic carboxylic acids is 1. The van der Waals surface area contributed by atoms with Gasteiger partial charge in [-0.05, 0) is 12.1 Å². The van der Waals surface area contributed by atoms with E-state index < -0.39 is 5.97 Å². The average molecular weight is 276 g/mol. The summed E-state index contributed by atoms with van der Waals surface area (Å²) >= 11 is 0. The van der Waals surface area contributed by atoms with Crippen LogP contribution in [0.4, 0.5) is 5.69 Å². The SMILES string of the molecule is NC1=C(C(=O)O)CC(=O)N1c1ccc2c(c1)OCCO2. The minimum absolute atomic E-state index is 0.0563. The molecule has 1 aromatic carbocycles. The van der Waals surface area contributed by atoms with E-state index >= 15 is 0 Å². The molecule has 0 spiro atoms. The van der Waals surface area contributed by atoms with Crippen molar-refractivity contribution in [3.63, 3.8) is 0 Å². The largest absolute Gasteiger partial charge is 0.486 e. The van der Waals surface area contributed by atoms with Gasteiger partial charge in [0.25, 0.3) is 0 Å². The van der Waals surface area contributed by atoms with Crippen LogP contribution in [0.15, 0.2) is 29.6 Å². The zero-order valence-corrected chi connectivity index (χ0v) is 10.5. The molecule has 0 aromatic heterocycles. The normalized spacial score (nSPS) is 17.6. The van der Waals surface area contributed by atoms with Crippen molar-refractivity contribution in [2.75, 3.05) is 18.1 Å². The predicted molar refractivity (Wildman–Crippen MR) is 68.4 cm³/mol. The van der Waals surface area contributed by atoms with Crippen LogP contribution in [0.25, 0.3) is 0 Å². The molecule has 0 radical (unpaired) electrons. The van der Waals surface area contributed by atoms with E-state index in [-0.39, 0.29) is 23.7 Å². The molecule has 20 heavy (non-hydrogen) atoms. The summed E-state index contributed by atoms with van der Waals surface area (Å²) in [5.74, 6) is -0.516. The second-order valence-corrected chi connectivity index (χ2v) is 4.40. The van der Waals surface area contributed by atoms with Gasteiger partial charge in [0.1, 0.15) is 19.0 Å². The Morgan fingerprint density at radius 3 is 2.60 bits per heavy atom. The highest BCUT2D eigenvalue weighted by molar-refractivity contribution is 6.08. The minimum Gasteiger partial charge on any atom is -0.486 e. The minimum atomic E-state index is -1.18. The van der Waals surface area contributed by atoms with Crippen LogP contribution in [0.3, 0.4) is 0 Å². The van der Waals surface area contributed by atoms with Gasteiger partial charge < -0.3 is 20.3 Å². The number of carboxylic acid groups (broad SMARTS) is 1. The molecule has 0 atom stereocenters. The third-order valence-corrected chi connectivity index (χ3v) is 3.17. The van der Waals surface area contributed by atoms with E-state index in [1.54, 1.807) is 18.2 Å². The van der Waals surface area contributed by atoms with Crippen LogP contribution in [-0.4, -0.2) is 30.2 Å². The fourth-order valence-corrected chi connectivity index (χ4v) is 2.23. The molecule has 104 valence electrons. The first-order chi connectivity index (χ1) is 9.58. The number of anilines is 1. The molecule has 0 saturated heterocycles. The summed E-state index contributed by atoms with van der Waals surface area (Å²) in [5, 5.41) is 9.00. The Labute approximate surface area is 114 Å². The monoisotopic (exact) mass is 276 g/mol. The molecule has 0 fully saturated rings. The van der Waals surface area contributed by atoms with Gasteiger partial charge in [-0.15, -0.1) is 0 Å². The Hall–Kier alpha value is -2.70. The molecule has 0 aliphatic carbocycles. The number of nitrogens with zero attached hydrogens (tertiary/aromatic N) is 1. The lowest BCUT2D eigenvalue weighted by Crippen LogP contribution is -2.29. The maximum atomic E-state index is 11.9. The van der Waals surface area contributed by atoms with Crippen molar-refractivity contribution in [2.45, 2.75) is 6.42 Å². The number of amides is 1. The zero-order chi connectivity index (χ0) is 14.3. The Balaban J connectivity index is 2.00. The average Bonchev–Trinajstić information content (AvgIpc) is 2.74. The number of nitrogens with two attached hydrogens (primary N) is 1. The van der Waals surface area contributed by atoms with Gasteiger partial charge in [0.2, 0.25) is 5.91 Å². The van der Waals surface area contributed by atoms with Gasteiger partial charge in [-0.1, -0.05) is 0 Å². The fraction of sp³-hybridized carbons (Fsp3) is 0.231. The second kappa shape index (κ2) is 4.44. The fourth-order valence-electron chi connectivity index (χ4n) is 2.23. The summed E-state index contributed by atoms with van der Waals surface area (Å²) in [6, 6.07) is 4.93. The number of carbonyl (C=O) groups excluding carboxylic acids is 1. The summed E-state index contributed by atoms with van der Waals surface area (Å²) < 4.78 is 10.8. The summed E-state index contributed by atoms with van der Waals surface area (Å²) in [4.78, 5) is 24.1. The van der Waals surface area contributed by atoms with E-state index in [0.29, 0.717) is 30.4 Å². The van der Waals surface area contributed by atoms with Crippen LogP contribution in [0.2, 0.25) is 0 Å². The summed E-state index contributed by atoms with van der Waals surface area (Å²) in [5.41, 5.74) is 6.13. The molecule has 3 N–H and O–H groups in total. The first kappa shape index (κ1) is 12.3. The number of hydrogen-bond acceptors (Lipinski definition) is 5. The van der Waals surface area contributed by atoms with Crippen LogP contribution in [0.5, 0.6) is 11.5 Å². The quantitative estimate of drug-likeness (QED) is 0.813. The molecular weight excluding hydrogens is 264 g/mol. The first-order valence-electron chi connectivity index (χ1n) is 6.02. The van der Waals surface area contributed by atoms with Crippen molar-refractivity contribution in [2.24, 2.45) is 5.73 Å². The topological polar surface area (TPSA) is 102 Å². The number of fused-ring (bicyclic) bond motifs is 1. The number of rotatable bonds is 2. The molecule has 7 heteroatoms. The predicted octanol–water partition coefficient (Wildman–Crippen LogP) is 0.449. The molecule has 1 aromatic rings. The van der Waals surface area contributed by atoms with Crippen molar-refractivity contribution in [1.82, 2.24) is 0 Å². The van der Waals surface area contributed by atoms with Crippen molar-refractivity contribution in [3.8, 4) is 11.5 Å². The van der Waals surface area contributed by atoms with E-state index in [0.717, 1.165) is 0 Å². The van der Waals surface area contributed by atoms with Crippen molar-refractivity contribution in [3.05, 3.63) is 29.6 Å². The van der Waals surface area contributed by atoms with Crippen LogP contribution >= 0.6 is 0 Å². The molecule has 0 unspecified atom stereocenters. The molecule has 2 aliphatic rings. The number of hydrogen-bond donors (Lipinski definition) is 2. The van der Waals surface area contributed by atoms with Gasteiger partial charge in [-0.2, -0.15) is 0 Å². The third kappa shape index (κ3) is 1.83. The second-order valence-electron chi connectivity index (χ2n) is 4.40. The molecule has 3 rings (SSSR count). The van der Waals surface area contributed by atoms with Crippen LogP contribution in [-0.2, 0) is 9.59 Å². The summed E-state index contributed by atoms with van der Waals surface area (Å²) in [7, 11) is 0. The molecular formula is C13H12N2O5. The van der Waals surface area contributed by atoms with Gasteiger partial charge >= 0.3 is 5.97 Å². The molecule has 0 bridgehead atoms. The van der Waals surface area contributed by atoms with Gasteiger partial charge in [-0.25, -0.2) is 4.79 Å². The van der Waals surface area contributed by atoms with E-state index in [1.165, 1.54) is 4.90 Å². The van der Waals surface area contributed by atoms with Gasteiger partial charge in [0, 0.05) is 6.07 Å². The van der Waals surface area contributed by atoms with E-state index in [2.05, 4.69) is 0 Å². The van der Waals surface area contributed by atoms with E-state index in [1.807, 2.05) is 0 Å². The number of ether oxygens (including phenoxy) is 2. The summed E-state index contributed by atoms with van der Waals surface area (Å²) in [6.07, 6.45) is -0.213. The zero-order valence-electron chi connectivity index (χ0n) is 10.5. The van der Waals surface area contributed by atoms with Crippen molar-refractivity contribution in [1.29, 1.82) is 0 Å². The Kier molecular flexibility index (Phi) is 2.74. The van der Waals surface area contributed by atoms with Crippen LogP contribution in [0.1, 0.15) is 6.42 Å². The Bertz CT molecular complexity index is 638. The Morgan fingerprint density at radius 1 is 1.25 bits per heavy atom. The lowest BCUT2D eigenvalue weighted by atomic mass is 10.2. The third-order valence-electron chi connectivity index (χ3n) is 3.17. The molecule has 7 nitrogen and oxygen atoms in total. The first-order valence-corrected chi connectivity index (χ1v) is 6.02. The number of benzene rings is 1. The number of carboxylic acids is 1. The lowest BCUT2D eigenvalue weighted by molar-refractivity contribution is -0.133. The van der Waals surface area contributed by atoms with E-state index in [9.17, 15) is 9.59 Å².